The number of anilines is 1. The molecule has 0 unspecified atom stereocenters. The smallest absolute Gasteiger partial charge is 0.146 e. The van der Waals surface area contributed by atoms with Gasteiger partial charge in [0.15, 0.2) is 0 Å². The highest BCUT2D eigenvalue weighted by Gasteiger charge is 2.12. The second-order valence-electron chi connectivity index (χ2n) is 4.54. The average molecular weight is 262 g/mol. The van der Waals surface area contributed by atoms with E-state index < -0.39 is 0 Å². The summed E-state index contributed by atoms with van der Waals surface area (Å²) in [4.78, 5) is 2.00. The van der Waals surface area contributed by atoms with Gasteiger partial charge >= 0.3 is 0 Å². The van der Waals surface area contributed by atoms with E-state index >= 15 is 0 Å². The first-order valence-corrected chi connectivity index (χ1v) is 6.38. The molecule has 2 rings (SSSR count). The summed E-state index contributed by atoms with van der Waals surface area (Å²) in [6, 6.07) is 6.82. The monoisotopic (exact) mass is 262 g/mol. The van der Waals surface area contributed by atoms with Crippen LogP contribution in [0.25, 0.3) is 0 Å². The van der Waals surface area contributed by atoms with Crippen LogP contribution in [-0.4, -0.2) is 22.9 Å². The van der Waals surface area contributed by atoms with Gasteiger partial charge in [-0.2, -0.15) is 5.10 Å². The molecule has 0 atom stereocenters. The highest BCUT2D eigenvalue weighted by Crippen LogP contribution is 2.21. The number of hydrogen-bond acceptors (Lipinski definition) is 3. The predicted molar refractivity (Wildman–Crippen MR) is 74.3 cm³/mol. The fourth-order valence-corrected chi connectivity index (χ4v) is 2.05. The SMILES string of the molecule is Cn1cc(CN(CCCN)c2ccccc2F)cn1. The number of nitrogens with zero attached hydrogens (tertiary/aromatic N) is 3. The molecule has 4 nitrogen and oxygen atoms in total. The van der Waals surface area contributed by atoms with Gasteiger partial charge in [-0.3, -0.25) is 4.68 Å². The van der Waals surface area contributed by atoms with Crippen LogP contribution in [-0.2, 0) is 13.6 Å². The van der Waals surface area contributed by atoms with Gasteiger partial charge in [0, 0.05) is 31.9 Å². The molecule has 19 heavy (non-hydrogen) atoms. The van der Waals surface area contributed by atoms with Gasteiger partial charge in [-0.1, -0.05) is 12.1 Å². The van der Waals surface area contributed by atoms with Crippen molar-refractivity contribution in [1.82, 2.24) is 9.78 Å². The third-order valence-corrected chi connectivity index (χ3v) is 2.96. The van der Waals surface area contributed by atoms with Crippen molar-refractivity contribution in [3.05, 3.63) is 48.0 Å². The molecule has 1 aromatic carbocycles. The number of hydrogen-bond donors (Lipinski definition) is 1. The Labute approximate surface area is 112 Å². The highest BCUT2D eigenvalue weighted by molar-refractivity contribution is 5.48. The zero-order valence-corrected chi connectivity index (χ0v) is 11.1. The topological polar surface area (TPSA) is 47.1 Å². The molecule has 0 saturated carbocycles. The Morgan fingerprint density at radius 2 is 2.16 bits per heavy atom. The Kier molecular flexibility index (Phi) is 4.52. The summed E-state index contributed by atoms with van der Waals surface area (Å²) in [6.07, 6.45) is 4.57. The van der Waals surface area contributed by atoms with Crippen molar-refractivity contribution >= 4 is 5.69 Å². The van der Waals surface area contributed by atoms with Crippen LogP contribution in [0.1, 0.15) is 12.0 Å². The highest BCUT2D eigenvalue weighted by atomic mass is 19.1. The van der Waals surface area contributed by atoms with Gasteiger partial charge in [-0.25, -0.2) is 4.39 Å². The maximum Gasteiger partial charge on any atom is 0.146 e. The van der Waals surface area contributed by atoms with E-state index in [0.717, 1.165) is 18.5 Å². The lowest BCUT2D eigenvalue weighted by atomic mass is 10.2. The van der Waals surface area contributed by atoms with Crippen molar-refractivity contribution in [3.8, 4) is 0 Å². The van der Waals surface area contributed by atoms with Gasteiger partial charge in [-0.05, 0) is 25.1 Å². The van der Waals surface area contributed by atoms with Crippen molar-refractivity contribution in [2.24, 2.45) is 12.8 Å². The molecule has 0 saturated heterocycles. The zero-order chi connectivity index (χ0) is 13.7. The Hall–Kier alpha value is -1.88. The van der Waals surface area contributed by atoms with Gasteiger partial charge in [0.2, 0.25) is 0 Å². The fourth-order valence-electron chi connectivity index (χ4n) is 2.05. The van der Waals surface area contributed by atoms with Crippen LogP contribution in [0.15, 0.2) is 36.7 Å². The lowest BCUT2D eigenvalue weighted by Gasteiger charge is -2.24. The summed E-state index contributed by atoms with van der Waals surface area (Å²) in [5.41, 5.74) is 7.22. The minimum atomic E-state index is -0.205. The number of para-hydroxylation sites is 1. The van der Waals surface area contributed by atoms with Crippen LogP contribution < -0.4 is 10.6 Å². The van der Waals surface area contributed by atoms with E-state index in [1.54, 1.807) is 23.0 Å². The third kappa shape index (κ3) is 3.54. The molecule has 1 heterocycles. The second kappa shape index (κ2) is 6.33. The maximum atomic E-state index is 13.9. The Balaban J connectivity index is 2.18. The molecular formula is C14H19FN4. The minimum absolute atomic E-state index is 0.205. The van der Waals surface area contributed by atoms with Crippen molar-refractivity contribution in [2.45, 2.75) is 13.0 Å². The molecule has 0 radical (unpaired) electrons. The Morgan fingerprint density at radius 3 is 2.79 bits per heavy atom. The van der Waals surface area contributed by atoms with Crippen LogP contribution in [0.2, 0.25) is 0 Å². The third-order valence-electron chi connectivity index (χ3n) is 2.96. The maximum absolute atomic E-state index is 13.9. The summed E-state index contributed by atoms with van der Waals surface area (Å²) < 4.78 is 15.6. The number of rotatable bonds is 6. The van der Waals surface area contributed by atoms with E-state index in [0.29, 0.717) is 18.8 Å². The van der Waals surface area contributed by atoms with Gasteiger partial charge in [-0.15, -0.1) is 0 Å². The summed E-state index contributed by atoms with van der Waals surface area (Å²) in [7, 11) is 1.87. The van der Waals surface area contributed by atoms with E-state index in [4.69, 9.17) is 5.73 Å². The number of benzene rings is 1. The van der Waals surface area contributed by atoms with Gasteiger partial charge in [0.05, 0.1) is 11.9 Å². The van der Waals surface area contributed by atoms with E-state index in [9.17, 15) is 4.39 Å². The molecule has 0 spiro atoms. The molecular weight excluding hydrogens is 243 g/mol. The Morgan fingerprint density at radius 1 is 1.37 bits per heavy atom. The molecule has 2 aromatic rings. The first-order valence-electron chi connectivity index (χ1n) is 6.38. The molecule has 0 fully saturated rings. The molecule has 102 valence electrons. The minimum Gasteiger partial charge on any atom is -0.365 e. The largest absolute Gasteiger partial charge is 0.365 e. The summed E-state index contributed by atoms with van der Waals surface area (Å²) in [5.74, 6) is -0.205. The van der Waals surface area contributed by atoms with Gasteiger partial charge in [0.1, 0.15) is 5.82 Å². The normalized spacial score (nSPS) is 10.7. The predicted octanol–water partition coefficient (Wildman–Crippen LogP) is 1.91. The number of aryl methyl sites for hydroxylation is 1. The quantitative estimate of drug-likeness (QED) is 0.865. The first kappa shape index (κ1) is 13.5. The molecule has 2 N–H and O–H groups in total. The number of nitrogens with two attached hydrogens (primary N) is 1. The van der Waals surface area contributed by atoms with E-state index in [1.165, 1.54) is 6.07 Å². The zero-order valence-electron chi connectivity index (χ0n) is 11.1. The van der Waals surface area contributed by atoms with Crippen LogP contribution in [0.5, 0.6) is 0 Å². The molecule has 0 aliphatic rings. The lowest BCUT2D eigenvalue weighted by molar-refractivity contribution is 0.612. The molecule has 0 aliphatic carbocycles. The summed E-state index contributed by atoms with van der Waals surface area (Å²) >= 11 is 0. The average Bonchev–Trinajstić information content (AvgIpc) is 2.81. The molecule has 5 heteroatoms. The van der Waals surface area contributed by atoms with E-state index in [-0.39, 0.29) is 5.82 Å². The molecule has 1 aromatic heterocycles. The Bertz CT molecular complexity index is 524. The fraction of sp³-hybridized carbons (Fsp3) is 0.357. The molecule has 0 bridgehead atoms. The summed E-state index contributed by atoms with van der Waals surface area (Å²) in [6.45, 7) is 1.96. The van der Waals surface area contributed by atoms with Crippen LogP contribution in [0.3, 0.4) is 0 Å². The van der Waals surface area contributed by atoms with Crippen molar-refractivity contribution in [1.29, 1.82) is 0 Å². The van der Waals surface area contributed by atoms with E-state index in [1.807, 2.05) is 24.2 Å². The standard InChI is InChI=1S/C14H19FN4/c1-18-10-12(9-17-18)11-19(8-4-7-16)14-6-3-2-5-13(14)15/h2-3,5-6,9-10H,4,7-8,11,16H2,1H3. The van der Waals surface area contributed by atoms with Crippen LogP contribution in [0.4, 0.5) is 10.1 Å². The molecule has 0 aliphatic heterocycles. The van der Waals surface area contributed by atoms with Crippen molar-refractivity contribution < 1.29 is 4.39 Å². The summed E-state index contributed by atoms with van der Waals surface area (Å²) in [5, 5.41) is 4.14. The number of halogens is 1. The molecule has 0 amide bonds. The van der Waals surface area contributed by atoms with Gasteiger partial charge < -0.3 is 10.6 Å². The lowest BCUT2D eigenvalue weighted by Crippen LogP contribution is -2.26. The van der Waals surface area contributed by atoms with Crippen LogP contribution in [0, 0.1) is 5.82 Å². The second-order valence-corrected chi connectivity index (χ2v) is 4.54. The van der Waals surface area contributed by atoms with Crippen molar-refractivity contribution in [2.75, 3.05) is 18.0 Å². The van der Waals surface area contributed by atoms with Crippen LogP contribution >= 0.6 is 0 Å². The number of aromatic nitrogens is 2. The van der Waals surface area contributed by atoms with E-state index in [2.05, 4.69) is 5.10 Å². The van der Waals surface area contributed by atoms with Gasteiger partial charge in [0.25, 0.3) is 0 Å². The van der Waals surface area contributed by atoms with Crippen molar-refractivity contribution in [3.63, 3.8) is 0 Å². The first-order chi connectivity index (χ1) is 9.20.